The number of aliphatic carboxylic acids is 1. The highest BCUT2D eigenvalue weighted by Crippen LogP contribution is 2.33. The predicted molar refractivity (Wildman–Crippen MR) is 82.5 cm³/mol. The Bertz CT molecular complexity index is 392. The minimum absolute atomic E-state index is 0.0668. The van der Waals surface area contributed by atoms with Crippen molar-refractivity contribution in [2.45, 2.75) is 58.0 Å². The van der Waals surface area contributed by atoms with Crippen molar-refractivity contribution in [1.29, 1.82) is 0 Å². The molecular weight excluding hydrogens is 286 g/mol. The van der Waals surface area contributed by atoms with Crippen LogP contribution in [0, 0.1) is 5.41 Å². The van der Waals surface area contributed by atoms with Crippen LogP contribution in [0.4, 0.5) is 0 Å². The molecule has 22 heavy (non-hydrogen) atoms. The van der Waals surface area contributed by atoms with Gasteiger partial charge in [-0.2, -0.15) is 0 Å². The second kappa shape index (κ2) is 7.92. The van der Waals surface area contributed by atoms with Crippen molar-refractivity contribution in [3.05, 3.63) is 0 Å². The largest absolute Gasteiger partial charge is 0.481 e. The average Bonchev–Trinajstić information content (AvgIpc) is 2.85. The van der Waals surface area contributed by atoms with Crippen molar-refractivity contribution in [1.82, 2.24) is 4.90 Å². The Labute approximate surface area is 132 Å². The summed E-state index contributed by atoms with van der Waals surface area (Å²) in [5, 5.41) is 20.0. The molecule has 0 aliphatic carbocycles. The van der Waals surface area contributed by atoms with Gasteiger partial charge in [-0.15, -0.1) is 0 Å². The van der Waals surface area contributed by atoms with E-state index in [0.29, 0.717) is 25.8 Å². The maximum atomic E-state index is 12.5. The summed E-state index contributed by atoms with van der Waals surface area (Å²) in [6, 6.07) is 0. The molecule has 1 atom stereocenters. The van der Waals surface area contributed by atoms with Gasteiger partial charge in [-0.25, -0.2) is 0 Å². The van der Waals surface area contributed by atoms with Gasteiger partial charge in [0.2, 0.25) is 5.91 Å². The van der Waals surface area contributed by atoms with Crippen LogP contribution >= 0.6 is 0 Å². The van der Waals surface area contributed by atoms with Crippen LogP contribution in [0.15, 0.2) is 0 Å². The third-order valence-corrected chi connectivity index (χ3v) is 4.49. The quantitative estimate of drug-likeness (QED) is 0.675. The highest BCUT2D eigenvalue weighted by atomic mass is 16.5. The SMILES string of the molecule is CCCC(O)(CCC)CC(=O)N1CCC(COC)(C(=O)O)C1. The molecular formula is C16H29NO5. The monoisotopic (exact) mass is 315 g/mol. The van der Waals surface area contributed by atoms with Crippen LogP contribution < -0.4 is 0 Å². The third-order valence-electron chi connectivity index (χ3n) is 4.49. The summed E-state index contributed by atoms with van der Waals surface area (Å²) in [6.45, 7) is 4.62. The minimum Gasteiger partial charge on any atom is -0.481 e. The number of rotatable bonds is 9. The van der Waals surface area contributed by atoms with Gasteiger partial charge < -0.3 is 19.8 Å². The lowest BCUT2D eigenvalue weighted by Gasteiger charge is -2.30. The maximum absolute atomic E-state index is 12.5. The van der Waals surface area contributed by atoms with Crippen molar-refractivity contribution in [3.8, 4) is 0 Å². The first-order valence-corrected chi connectivity index (χ1v) is 8.05. The molecule has 1 rings (SSSR count). The molecule has 6 heteroatoms. The van der Waals surface area contributed by atoms with Crippen molar-refractivity contribution < 1.29 is 24.5 Å². The van der Waals surface area contributed by atoms with Crippen LogP contribution in [-0.2, 0) is 14.3 Å². The summed E-state index contributed by atoms with van der Waals surface area (Å²) in [6.07, 6.45) is 3.25. The van der Waals surface area contributed by atoms with Gasteiger partial charge in [0.05, 0.1) is 18.6 Å². The summed E-state index contributed by atoms with van der Waals surface area (Å²) in [5.41, 5.74) is -1.99. The van der Waals surface area contributed by atoms with E-state index in [-0.39, 0.29) is 25.5 Å². The van der Waals surface area contributed by atoms with E-state index < -0.39 is 17.0 Å². The van der Waals surface area contributed by atoms with Gasteiger partial charge in [0.1, 0.15) is 5.41 Å². The van der Waals surface area contributed by atoms with Crippen LogP contribution in [0.1, 0.15) is 52.4 Å². The lowest BCUT2D eigenvalue weighted by atomic mass is 9.88. The minimum atomic E-state index is -1.02. The number of hydrogen-bond acceptors (Lipinski definition) is 4. The van der Waals surface area contributed by atoms with Gasteiger partial charge in [-0.05, 0) is 19.3 Å². The second-order valence-corrected chi connectivity index (χ2v) is 6.48. The van der Waals surface area contributed by atoms with Gasteiger partial charge in [0.15, 0.2) is 0 Å². The van der Waals surface area contributed by atoms with Crippen LogP contribution in [0.25, 0.3) is 0 Å². The van der Waals surface area contributed by atoms with E-state index >= 15 is 0 Å². The maximum Gasteiger partial charge on any atom is 0.313 e. The second-order valence-electron chi connectivity index (χ2n) is 6.48. The average molecular weight is 315 g/mol. The smallest absolute Gasteiger partial charge is 0.313 e. The van der Waals surface area contributed by atoms with Gasteiger partial charge in [0.25, 0.3) is 0 Å². The fourth-order valence-corrected chi connectivity index (χ4v) is 3.34. The molecule has 0 radical (unpaired) electrons. The van der Waals surface area contributed by atoms with E-state index in [1.54, 1.807) is 4.90 Å². The highest BCUT2D eigenvalue weighted by Gasteiger charge is 2.47. The molecule has 6 nitrogen and oxygen atoms in total. The molecule has 1 heterocycles. The van der Waals surface area contributed by atoms with Crippen molar-refractivity contribution >= 4 is 11.9 Å². The molecule has 1 unspecified atom stereocenters. The number of carboxylic acids is 1. The Kier molecular flexibility index (Phi) is 6.81. The Morgan fingerprint density at radius 1 is 1.27 bits per heavy atom. The van der Waals surface area contributed by atoms with Crippen LogP contribution in [-0.4, -0.2) is 59.4 Å². The summed E-state index contributed by atoms with van der Waals surface area (Å²) < 4.78 is 5.03. The van der Waals surface area contributed by atoms with Crippen molar-refractivity contribution in [2.75, 3.05) is 26.8 Å². The third kappa shape index (κ3) is 4.43. The number of nitrogens with zero attached hydrogens (tertiary/aromatic N) is 1. The predicted octanol–water partition coefficient (Wildman–Crippen LogP) is 1.66. The lowest BCUT2D eigenvalue weighted by molar-refractivity contribution is -0.151. The molecule has 0 spiro atoms. The number of methoxy groups -OCH3 is 1. The van der Waals surface area contributed by atoms with E-state index in [4.69, 9.17) is 4.74 Å². The van der Waals surface area contributed by atoms with E-state index in [0.717, 1.165) is 12.8 Å². The fourth-order valence-electron chi connectivity index (χ4n) is 3.34. The first-order valence-electron chi connectivity index (χ1n) is 8.05. The molecule has 0 aromatic carbocycles. The molecule has 0 saturated carbocycles. The van der Waals surface area contributed by atoms with E-state index in [2.05, 4.69) is 0 Å². The number of amides is 1. The Morgan fingerprint density at radius 2 is 1.86 bits per heavy atom. The molecule has 1 fully saturated rings. The number of carboxylic acid groups (broad SMARTS) is 1. The van der Waals surface area contributed by atoms with Crippen molar-refractivity contribution in [3.63, 3.8) is 0 Å². The Balaban J connectivity index is 2.73. The number of likely N-dealkylation sites (tertiary alicyclic amines) is 1. The Hall–Kier alpha value is -1.14. The number of ether oxygens (including phenoxy) is 1. The number of aliphatic hydroxyl groups is 1. The molecule has 1 amide bonds. The molecule has 0 aromatic rings. The normalized spacial score (nSPS) is 22.1. The lowest BCUT2D eigenvalue weighted by Crippen LogP contribution is -2.42. The van der Waals surface area contributed by atoms with E-state index in [1.165, 1.54) is 7.11 Å². The first-order chi connectivity index (χ1) is 10.3. The molecule has 1 aliphatic heterocycles. The molecule has 1 saturated heterocycles. The molecule has 0 bridgehead atoms. The van der Waals surface area contributed by atoms with Gasteiger partial charge in [-0.3, -0.25) is 9.59 Å². The van der Waals surface area contributed by atoms with Gasteiger partial charge >= 0.3 is 5.97 Å². The van der Waals surface area contributed by atoms with Crippen LogP contribution in [0.5, 0.6) is 0 Å². The van der Waals surface area contributed by atoms with Crippen LogP contribution in [0.3, 0.4) is 0 Å². The standard InChI is InChI=1S/C16H29NO5/c1-4-6-16(21,7-5-2)10-13(18)17-9-8-15(11-17,12-22-3)14(19)20/h21H,4-12H2,1-3H3,(H,19,20). The summed E-state index contributed by atoms with van der Waals surface area (Å²) >= 11 is 0. The zero-order chi connectivity index (χ0) is 16.8. The first kappa shape index (κ1) is 18.9. The zero-order valence-corrected chi connectivity index (χ0v) is 13.9. The van der Waals surface area contributed by atoms with Crippen LogP contribution in [0.2, 0.25) is 0 Å². The fraction of sp³-hybridized carbons (Fsp3) is 0.875. The highest BCUT2D eigenvalue weighted by molar-refractivity contribution is 5.81. The molecule has 128 valence electrons. The van der Waals surface area contributed by atoms with Crippen molar-refractivity contribution in [2.24, 2.45) is 5.41 Å². The van der Waals surface area contributed by atoms with E-state index in [1.807, 2.05) is 13.8 Å². The number of carbonyl (C=O) groups excluding carboxylic acids is 1. The number of carbonyl (C=O) groups is 2. The van der Waals surface area contributed by atoms with Gasteiger partial charge in [0, 0.05) is 20.2 Å². The van der Waals surface area contributed by atoms with E-state index in [9.17, 15) is 19.8 Å². The summed E-state index contributed by atoms with van der Waals surface area (Å²) in [5.74, 6) is -1.09. The topological polar surface area (TPSA) is 87.1 Å². The number of hydrogen-bond donors (Lipinski definition) is 2. The summed E-state index contributed by atoms with van der Waals surface area (Å²) in [4.78, 5) is 25.5. The zero-order valence-electron chi connectivity index (χ0n) is 13.9. The summed E-state index contributed by atoms with van der Waals surface area (Å²) in [7, 11) is 1.47. The van der Waals surface area contributed by atoms with Gasteiger partial charge in [-0.1, -0.05) is 26.7 Å². The molecule has 0 aromatic heterocycles. The Morgan fingerprint density at radius 3 is 2.32 bits per heavy atom. The molecule has 1 aliphatic rings. The molecule has 2 N–H and O–H groups in total.